The number of aliphatic hydroxyl groups is 1. The predicted molar refractivity (Wildman–Crippen MR) is 140 cm³/mol. The van der Waals surface area contributed by atoms with Crippen LogP contribution in [0.2, 0.25) is 10.0 Å². The number of aromatic nitrogens is 1. The van der Waals surface area contributed by atoms with Gasteiger partial charge in [-0.05, 0) is 67.8 Å². The second-order valence-corrected chi connectivity index (χ2v) is 9.56. The number of hydrogen-bond acceptors (Lipinski definition) is 5. The molecule has 7 heteroatoms. The third kappa shape index (κ3) is 4.18. The third-order valence-corrected chi connectivity index (χ3v) is 7.44. The molecule has 3 aromatic carbocycles. The molecular weight excluding hydrogens is 469 g/mol. The summed E-state index contributed by atoms with van der Waals surface area (Å²) >= 11 is 13.4. The van der Waals surface area contributed by atoms with Crippen LogP contribution in [0.15, 0.2) is 52.9 Å². The molecule has 1 saturated heterocycles. The number of hydrogen-bond donors (Lipinski definition) is 2. The molecule has 0 bridgehead atoms. The van der Waals surface area contributed by atoms with Crippen molar-refractivity contribution in [2.45, 2.75) is 32.4 Å². The monoisotopic (exact) mass is 495 g/mol. The molecule has 1 aliphatic heterocycles. The van der Waals surface area contributed by atoms with Crippen molar-refractivity contribution in [1.29, 1.82) is 0 Å². The highest BCUT2D eigenvalue weighted by atomic mass is 35.5. The summed E-state index contributed by atoms with van der Waals surface area (Å²) in [5, 5.41) is 14.1. The Hall–Kier alpha value is -2.57. The van der Waals surface area contributed by atoms with E-state index in [4.69, 9.17) is 27.6 Å². The molecule has 0 amide bonds. The molecule has 2 heterocycles. The lowest BCUT2D eigenvalue weighted by Gasteiger charge is -2.34. The molecule has 2 N–H and O–H groups in total. The first-order valence-corrected chi connectivity index (χ1v) is 12.3. The fourth-order valence-electron chi connectivity index (χ4n) is 4.79. The summed E-state index contributed by atoms with van der Waals surface area (Å²) < 4.78 is 6.05. The smallest absolute Gasteiger partial charge is 0.227 e. The van der Waals surface area contributed by atoms with Gasteiger partial charge in [-0.25, -0.2) is 4.98 Å². The van der Waals surface area contributed by atoms with Gasteiger partial charge in [0, 0.05) is 30.3 Å². The van der Waals surface area contributed by atoms with Crippen molar-refractivity contribution >= 4 is 40.0 Å². The Balaban J connectivity index is 1.54. The number of nitrogens with one attached hydrogen (secondary N) is 1. The maximum absolute atomic E-state index is 9.48. The van der Waals surface area contributed by atoms with Gasteiger partial charge in [0.05, 0.1) is 22.3 Å². The SMILES string of the molecule is CNC1CCN(c2cccc(-c3cccc(-c4nc5cc(CO)cc(Cl)c5o4)c3C)c2Cl)CC1. The molecule has 1 aliphatic rings. The van der Waals surface area contributed by atoms with E-state index in [-0.39, 0.29) is 6.61 Å². The Morgan fingerprint density at radius 2 is 1.76 bits per heavy atom. The second kappa shape index (κ2) is 9.59. The number of oxazole rings is 1. The lowest BCUT2D eigenvalue weighted by molar-refractivity contribution is 0.282. The van der Waals surface area contributed by atoms with Crippen LogP contribution >= 0.6 is 23.2 Å². The van der Waals surface area contributed by atoms with Crippen LogP contribution in [0.5, 0.6) is 0 Å². The van der Waals surface area contributed by atoms with E-state index in [1.165, 1.54) is 0 Å². The van der Waals surface area contributed by atoms with E-state index in [9.17, 15) is 5.11 Å². The number of anilines is 1. The predicted octanol–water partition coefficient (Wildman–Crippen LogP) is 6.46. The highest BCUT2D eigenvalue weighted by Crippen LogP contribution is 2.41. The first-order chi connectivity index (χ1) is 16.5. The molecule has 0 unspecified atom stereocenters. The fourth-order valence-corrected chi connectivity index (χ4v) is 5.42. The van der Waals surface area contributed by atoms with Crippen LogP contribution in [-0.4, -0.2) is 36.3 Å². The Morgan fingerprint density at radius 1 is 1.06 bits per heavy atom. The molecule has 176 valence electrons. The summed E-state index contributed by atoms with van der Waals surface area (Å²) in [7, 11) is 2.03. The summed E-state index contributed by atoms with van der Waals surface area (Å²) in [6, 6.07) is 16.4. The van der Waals surface area contributed by atoms with Crippen molar-refractivity contribution in [3.8, 4) is 22.6 Å². The van der Waals surface area contributed by atoms with Gasteiger partial charge in [-0.2, -0.15) is 0 Å². The van der Waals surface area contributed by atoms with E-state index in [0.29, 0.717) is 33.6 Å². The van der Waals surface area contributed by atoms with Gasteiger partial charge in [-0.15, -0.1) is 0 Å². The first-order valence-electron chi connectivity index (χ1n) is 11.5. The minimum absolute atomic E-state index is 0.103. The molecule has 0 saturated carbocycles. The molecule has 0 atom stereocenters. The Labute approximate surface area is 209 Å². The van der Waals surface area contributed by atoms with E-state index >= 15 is 0 Å². The summed E-state index contributed by atoms with van der Waals surface area (Å²) in [5.74, 6) is 0.493. The van der Waals surface area contributed by atoms with Crippen molar-refractivity contribution in [1.82, 2.24) is 10.3 Å². The Bertz CT molecular complexity index is 1340. The van der Waals surface area contributed by atoms with Crippen molar-refractivity contribution in [2.75, 3.05) is 25.0 Å². The quantitative estimate of drug-likeness (QED) is 0.332. The third-order valence-electron chi connectivity index (χ3n) is 6.76. The van der Waals surface area contributed by atoms with Gasteiger partial charge in [0.1, 0.15) is 5.52 Å². The zero-order valence-electron chi connectivity index (χ0n) is 19.2. The molecule has 1 aromatic heterocycles. The molecule has 34 heavy (non-hydrogen) atoms. The summed E-state index contributed by atoms with van der Waals surface area (Å²) in [6.45, 7) is 3.91. The second-order valence-electron chi connectivity index (χ2n) is 8.77. The summed E-state index contributed by atoms with van der Waals surface area (Å²) in [5.41, 5.74) is 6.86. The van der Waals surface area contributed by atoms with Crippen LogP contribution in [0.25, 0.3) is 33.7 Å². The van der Waals surface area contributed by atoms with E-state index in [1.54, 1.807) is 12.1 Å². The number of piperidine rings is 1. The van der Waals surface area contributed by atoms with Crippen molar-refractivity contribution in [3.63, 3.8) is 0 Å². The lowest BCUT2D eigenvalue weighted by atomic mass is 9.95. The Kier molecular flexibility index (Phi) is 6.54. The summed E-state index contributed by atoms with van der Waals surface area (Å²) in [4.78, 5) is 7.04. The Morgan fingerprint density at radius 3 is 2.50 bits per heavy atom. The fraction of sp³-hybridized carbons (Fsp3) is 0.296. The lowest BCUT2D eigenvalue weighted by Crippen LogP contribution is -2.41. The standard InChI is InChI=1S/C27H27Cl2N3O2/c1-16-19(21-7-4-8-24(25(21)29)32-11-9-18(30-2)10-12-32)5-3-6-20(16)27-31-23-14-17(15-33)13-22(28)26(23)34-27/h3-8,13-14,18,30,33H,9-12,15H2,1-2H3. The number of benzene rings is 3. The first kappa shape index (κ1) is 23.2. The highest BCUT2D eigenvalue weighted by molar-refractivity contribution is 6.36. The van der Waals surface area contributed by atoms with Gasteiger partial charge in [-0.1, -0.05) is 47.5 Å². The number of halogens is 2. The molecule has 0 aliphatic carbocycles. The largest absolute Gasteiger partial charge is 0.434 e. The number of aliphatic hydroxyl groups excluding tert-OH is 1. The average molecular weight is 496 g/mol. The maximum atomic E-state index is 9.48. The molecule has 4 aromatic rings. The topological polar surface area (TPSA) is 61.5 Å². The molecule has 5 nitrogen and oxygen atoms in total. The zero-order valence-corrected chi connectivity index (χ0v) is 20.7. The minimum atomic E-state index is -0.103. The molecule has 0 spiro atoms. The molecule has 5 rings (SSSR count). The minimum Gasteiger partial charge on any atom is -0.434 e. The maximum Gasteiger partial charge on any atom is 0.227 e. The number of fused-ring (bicyclic) bond motifs is 1. The summed E-state index contributed by atoms with van der Waals surface area (Å²) in [6.07, 6.45) is 2.20. The van der Waals surface area contributed by atoms with Crippen molar-refractivity contribution in [3.05, 3.63) is 69.7 Å². The highest BCUT2D eigenvalue weighted by Gasteiger charge is 2.22. The van der Waals surface area contributed by atoms with Crippen molar-refractivity contribution in [2.24, 2.45) is 0 Å². The number of rotatable bonds is 5. The van der Waals surface area contributed by atoms with Crippen LogP contribution in [-0.2, 0) is 6.61 Å². The van der Waals surface area contributed by atoms with E-state index in [1.807, 2.05) is 19.2 Å². The van der Waals surface area contributed by atoms with Gasteiger partial charge in [0.15, 0.2) is 5.58 Å². The average Bonchev–Trinajstić information content (AvgIpc) is 3.29. The van der Waals surface area contributed by atoms with Gasteiger partial charge >= 0.3 is 0 Å². The van der Waals surface area contributed by atoms with Crippen LogP contribution < -0.4 is 10.2 Å². The van der Waals surface area contributed by atoms with Gasteiger partial charge in [0.2, 0.25) is 5.89 Å². The zero-order chi connectivity index (χ0) is 23.8. The van der Waals surface area contributed by atoms with E-state index in [0.717, 1.165) is 58.9 Å². The van der Waals surface area contributed by atoms with E-state index in [2.05, 4.69) is 46.4 Å². The van der Waals surface area contributed by atoms with Crippen LogP contribution in [0.4, 0.5) is 5.69 Å². The molecular formula is C27H27Cl2N3O2. The number of nitrogens with zero attached hydrogens (tertiary/aromatic N) is 2. The van der Waals surface area contributed by atoms with Gasteiger partial charge in [-0.3, -0.25) is 0 Å². The van der Waals surface area contributed by atoms with Crippen LogP contribution in [0.1, 0.15) is 24.0 Å². The van der Waals surface area contributed by atoms with Crippen molar-refractivity contribution < 1.29 is 9.52 Å². The van der Waals surface area contributed by atoms with E-state index < -0.39 is 0 Å². The molecule has 1 fully saturated rings. The normalized spacial score (nSPS) is 14.8. The van der Waals surface area contributed by atoms with Crippen LogP contribution in [0, 0.1) is 6.92 Å². The van der Waals surface area contributed by atoms with Crippen LogP contribution in [0.3, 0.4) is 0 Å². The van der Waals surface area contributed by atoms with Gasteiger partial charge < -0.3 is 19.7 Å². The van der Waals surface area contributed by atoms with Gasteiger partial charge in [0.25, 0.3) is 0 Å². The molecule has 0 radical (unpaired) electrons.